The largest absolute Gasteiger partial charge is 0.593 e. The van der Waals surface area contributed by atoms with Gasteiger partial charge in [0.15, 0.2) is 5.54 Å². The number of piperidine rings is 1. The molecule has 0 bridgehead atoms. The Morgan fingerprint density at radius 2 is 1.54 bits per heavy atom. The number of hydrogen-bond donors (Lipinski definition) is 0. The van der Waals surface area contributed by atoms with Crippen LogP contribution in [0.25, 0.3) is 0 Å². The summed E-state index contributed by atoms with van der Waals surface area (Å²) in [4.78, 5) is 27.0. The summed E-state index contributed by atoms with van der Waals surface area (Å²) >= 11 is 0. The van der Waals surface area contributed by atoms with Gasteiger partial charge < -0.3 is 10.0 Å². The van der Waals surface area contributed by atoms with Crippen LogP contribution in [-0.4, -0.2) is 57.8 Å². The number of nitrogens with zero attached hydrogens (tertiary/aromatic N) is 4. The van der Waals surface area contributed by atoms with Gasteiger partial charge in [-0.05, 0) is 87.1 Å². The molecular formula is C29H31F2N4O2+. The van der Waals surface area contributed by atoms with Gasteiger partial charge >= 0.3 is 0 Å². The quantitative estimate of drug-likeness (QED) is 0.442. The Labute approximate surface area is 215 Å². The van der Waals surface area contributed by atoms with Crippen LogP contribution in [0.3, 0.4) is 0 Å². The van der Waals surface area contributed by atoms with Crippen LogP contribution in [0.2, 0.25) is 0 Å². The molecule has 0 radical (unpaired) electrons. The van der Waals surface area contributed by atoms with Crippen molar-refractivity contribution in [2.45, 2.75) is 37.6 Å². The topological polar surface area (TPSA) is 71.7 Å². The lowest BCUT2D eigenvalue weighted by molar-refractivity contribution is -0.130. The van der Waals surface area contributed by atoms with Gasteiger partial charge in [0.05, 0.1) is 11.6 Å². The third-order valence-corrected chi connectivity index (χ3v) is 7.53. The first kappa shape index (κ1) is 25.0. The first-order valence-electron chi connectivity index (χ1n) is 12.7. The van der Waals surface area contributed by atoms with E-state index in [1.165, 1.54) is 24.3 Å². The molecule has 0 spiro atoms. The molecule has 1 aromatic heterocycles. The smallest absolute Gasteiger partial charge is 0.265 e. The van der Waals surface area contributed by atoms with Gasteiger partial charge in [-0.2, -0.15) is 0 Å². The van der Waals surface area contributed by atoms with Crippen LogP contribution in [0.1, 0.15) is 48.8 Å². The molecule has 3 aromatic rings. The molecule has 5 rings (SSSR count). The zero-order valence-electron chi connectivity index (χ0n) is 20.8. The Kier molecular flexibility index (Phi) is 7.02. The number of amidine groups is 1. The fraction of sp³-hybridized carbons (Fsp3) is 0.345. The number of aromatic nitrogens is 1. The van der Waals surface area contributed by atoms with E-state index in [1.807, 2.05) is 13.1 Å². The van der Waals surface area contributed by atoms with Crippen molar-refractivity contribution in [3.8, 4) is 5.75 Å². The Balaban J connectivity index is 1.26. The minimum Gasteiger partial charge on any atom is -0.593 e. The molecule has 1 saturated heterocycles. The van der Waals surface area contributed by atoms with E-state index in [4.69, 9.17) is 10.1 Å². The van der Waals surface area contributed by atoms with Crippen molar-refractivity contribution >= 4 is 11.7 Å². The molecule has 3 heterocycles. The molecule has 1 amide bonds. The minimum absolute atomic E-state index is 0.207. The van der Waals surface area contributed by atoms with E-state index >= 15 is 0 Å². The highest BCUT2D eigenvalue weighted by Crippen LogP contribution is 2.40. The van der Waals surface area contributed by atoms with Crippen LogP contribution < -0.4 is 0 Å². The molecule has 1 fully saturated rings. The van der Waals surface area contributed by atoms with Gasteiger partial charge in [0.25, 0.3) is 11.7 Å². The monoisotopic (exact) mass is 505 g/mol. The van der Waals surface area contributed by atoms with Gasteiger partial charge in [-0.1, -0.05) is 24.3 Å². The first-order valence-corrected chi connectivity index (χ1v) is 12.7. The first-order chi connectivity index (χ1) is 17.9. The summed E-state index contributed by atoms with van der Waals surface area (Å²) < 4.78 is 27.4. The standard InChI is InChI=1S/C29H30F2N4O2/c1-20-33-29(22-3-7-24(30)8-4-22,23-5-9-25(31)10-6-23)28(37)35(20)16-2-15-34-17-12-21(13-18-34)26-19-32-14-11-27(26)36/h3-11,14,19,21H,2,12-13,15-18H2,1H3,(H,32,36)/p+1. The minimum atomic E-state index is -1.36. The van der Waals surface area contributed by atoms with Gasteiger partial charge in [0.2, 0.25) is 0 Å². The van der Waals surface area contributed by atoms with Crippen LogP contribution in [0.4, 0.5) is 8.78 Å². The van der Waals surface area contributed by atoms with Crippen molar-refractivity contribution < 1.29 is 18.7 Å². The zero-order valence-corrected chi connectivity index (χ0v) is 20.8. The number of aliphatic imine (C=N–C) groups is 1. The highest BCUT2D eigenvalue weighted by molar-refractivity contribution is 6.09. The lowest BCUT2D eigenvalue weighted by Crippen LogP contribution is -2.43. The molecule has 37 heavy (non-hydrogen) atoms. The van der Waals surface area contributed by atoms with Crippen LogP contribution in [0, 0.1) is 11.6 Å². The summed E-state index contributed by atoms with van der Waals surface area (Å²) in [5.74, 6) is 0.512. The normalized spacial score (nSPS) is 18.3. The van der Waals surface area contributed by atoms with E-state index in [9.17, 15) is 13.6 Å². The molecule has 2 aromatic carbocycles. The second kappa shape index (κ2) is 10.4. The molecule has 6 nitrogen and oxygen atoms in total. The third-order valence-electron chi connectivity index (χ3n) is 7.53. The van der Waals surface area contributed by atoms with Crippen molar-refractivity contribution in [3.05, 3.63) is 95.3 Å². The van der Waals surface area contributed by atoms with Crippen molar-refractivity contribution in [1.82, 2.24) is 14.8 Å². The van der Waals surface area contributed by atoms with Crippen molar-refractivity contribution in [3.63, 3.8) is 0 Å². The Hall–Kier alpha value is -3.65. The summed E-state index contributed by atoms with van der Waals surface area (Å²) in [6.45, 7) is 5.05. The van der Waals surface area contributed by atoms with Crippen LogP contribution >= 0.6 is 0 Å². The number of amides is 1. The van der Waals surface area contributed by atoms with Crippen molar-refractivity contribution in [2.75, 3.05) is 26.2 Å². The summed E-state index contributed by atoms with van der Waals surface area (Å²) in [7, 11) is 0. The molecule has 2 aliphatic rings. The molecule has 0 aliphatic carbocycles. The van der Waals surface area contributed by atoms with Crippen LogP contribution in [-0.2, 0) is 10.3 Å². The van der Waals surface area contributed by atoms with E-state index in [0.717, 1.165) is 44.5 Å². The molecule has 0 unspecified atom stereocenters. The van der Waals surface area contributed by atoms with Crippen LogP contribution in [0.15, 0.2) is 72.0 Å². The Morgan fingerprint density at radius 3 is 2.11 bits per heavy atom. The maximum absolute atomic E-state index is 13.9. The third kappa shape index (κ3) is 4.85. The zero-order chi connectivity index (χ0) is 26.0. The number of carbonyl (C=O) groups excluding carboxylic acids is 1. The van der Waals surface area contributed by atoms with E-state index < -0.39 is 17.2 Å². The van der Waals surface area contributed by atoms with E-state index in [2.05, 4.69) is 9.88 Å². The molecule has 192 valence electrons. The predicted molar refractivity (Wildman–Crippen MR) is 139 cm³/mol. The highest BCUT2D eigenvalue weighted by Gasteiger charge is 2.49. The number of pyridine rings is 1. The average molecular weight is 506 g/mol. The Bertz CT molecular complexity index is 1240. The number of carbonyl (C=O) groups is 1. The molecule has 2 N–H and O–H groups in total. The lowest BCUT2D eigenvalue weighted by atomic mass is 9.82. The average Bonchev–Trinajstić information content (AvgIpc) is 3.16. The summed E-state index contributed by atoms with van der Waals surface area (Å²) in [5.41, 5.74) is 0.772. The van der Waals surface area contributed by atoms with E-state index in [0.29, 0.717) is 35.2 Å². The summed E-state index contributed by atoms with van der Waals surface area (Å²) in [5, 5.41) is 8.14. The maximum atomic E-state index is 13.9. The number of rotatable bonds is 7. The molecule has 0 atom stereocenters. The van der Waals surface area contributed by atoms with Gasteiger partial charge in [0.1, 0.15) is 17.5 Å². The molecule has 0 saturated carbocycles. The lowest BCUT2D eigenvalue weighted by Gasteiger charge is -2.32. The maximum Gasteiger partial charge on any atom is 0.265 e. The highest BCUT2D eigenvalue weighted by atomic mass is 19.1. The van der Waals surface area contributed by atoms with Crippen molar-refractivity contribution in [1.29, 1.82) is 0 Å². The van der Waals surface area contributed by atoms with Crippen molar-refractivity contribution in [2.24, 2.45) is 4.99 Å². The Morgan fingerprint density at radius 1 is 0.946 bits per heavy atom. The number of hydrogen-bond acceptors (Lipinski definition) is 4. The SMILES string of the molecule is CC1=NC(c2ccc(F)cc2)(c2ccc(F)cc2)C(=O)N1CCCN1CCC(c2cnccc2[OH2+])CC1. The second-order valence-electron chi connectivity index (χ2n) is 9.77. The van der Waals surface area contributed by atoms with Gasteiger partial charge in [0, 0.05) is 18.9 Å². The van der Waals surface area contributed by atoms with Gasteiger partial charge in [-0.3, -0.25) is 14.7 Å². The van der Waals surface area contributed by atoms with Crippen LogP contribution in [0.5, 0.6) is 5.75 Å². The van der Waals surface area contributed by atoms with Gasteiger partial charge in [-0.15, -0.1) is 0 Å². The fourth-order valence-corrected chi connectivity index (χ4v) is 5.53. The number of likely N-dealkylation sites (tertiary alicyclic amines) is 1. The predicted octanol–water partition coefficient (Wildman–Crippen LogP) is 4.57. The second-order valence-corrected chi connectivity index (χ2v) is 9.77. The molecule has 8 heteroatoms. The van der Waals surface area contributed by atoms with E-state index in [1.54, 1.807) is 41.4 Å². The van der Waals surface area contributed by atoms with E-state index in [-0.39, 0.29) is 5.91 Å². The summed E-state index contributed by atoms with van der Waals surface area (Å²) in [6.07, 6.45) is 6.23. The molecular weight excluding hydrogens is 474 g/mol. The number of benzene rings is 2. The molecule has 2 aliphatic heterocycles. The van der Waals surface area contributed by atoms with Gasteiger partial charge in [-0.25, -0.2) is 13.8 Å². The fourth-order valence-electron chi connectivity index (χ4n) is 5.53. The summed E-state index contributed by atoms with van der Waals surface area (Å²) in [6, 6.07) is 13.3. The number of halogens is 2.